The number of hydrogen-bond acceptors (Lipinski definition) is 3. The number of piperidine rings is 1. The Balaban J connectivity index is 1.68. The summed E-state index contributed by atoms with van der Waals surface area (Å²) in [6, 6.07) is 0.815. The van der Waals surface area contributed by atoms with E-state index in [-0.39, 0.29) is 11.0 Å². The summed E-state index contributed by atoms with van der Waals surface area (Å²) < 4.78 is 7.99. The monoisotopic (exact) mass is 347 g/mol. The molecule has 1 saturated heterocycles. The third-order valence-corrected chi connectivity index (χ3v) is 6.92. The molecule has 2 aliphatic rings. The van der Waals surface area contributed by atoms with Gasteiger partial charge in [0.05, 0.1) is 18.0 Å². The van der Waals surface area contributed by atoms with E-state index in [0.29, 0.717) is 18.0 Å². The van der Waals surface area contributed by atoms with Crippen LogP contribution in [-0.2, 0) is 4.74 Å². The molecule has 1 aromatic rings. The highest BCUT2D eigenvalue weighted by Crippen LogP contribution is 2.51. The second kappa shape index (κ2) is 6.63. The van der Waals surface area contributed by atoms with Crippen molar-refractivity contribution in [2.75, 3.05) is 27.2 Å². The number of rotatable bonds is 3. The van der Waals surface area contributed by atoms with Crippen LogP contribution >= 0.6 is 0 Å². The summed E-state index contributed by atoms with van der Waals surface area (Å²) in [4.78, 5) is 11.2. The number of aliphatic imine (C=N–C) groups is 1. The zero-order valence-electron chi connectivity index (χ0n) is 16.5. The van der Waals surface area contributed by atoms with Gasteiger partial charge in [0.1, 0.15) is 0 Å². The van der Waals surface area contributed by atoms with Gasteiger partial charge in [-0.3, -0.25) is 4.99 Å². The predicted octanol–water partition coefficient (Wildman–Crippen LogP) is 2.54. The van der Waals surface area contributed by atoms with Gasteiger partial charge in [-0.1, -0.05) is 20.8 Å². The number of nitrogens with one attached hydrogen (secondary N) is 1. The van der Waals surface area contributed by atoms with Gasteiger partial charge in [-0.2, -0.15) is 0 Å². The maximum Gasteiger partial charge on any atom is 0.193 e. The van der Waals surface area contributed by atoms with E-state index in [0.717, 1.165) is 31.9 Å². The first-order valence-corrected chi connectivity index (χ1v) is 9.33. The molecule has 0 spiro atoms. The molecule has 0 amide bonds. The average Bonchev–Trinajstić information content (AvgIpc) is 3.13. The van der Waals surface area contributed by atoms with Crippen molar-refractivity contribution < 1.29 is 4.74 Å². The van der Waals surface area contributed by atoms with Crippen LogP contribution < -0.4 is 5.32 Å². The molecule has 1 saturated carbocycles. The first-order chi connectivity index (χ1) is 11.8. The smallest absolute Gasteiger partial charge is 0.193 e. The van der Waals surface area contributed by atoms with Crippen LogP contribution in [0.1, 0.15) is 46.6 Å². The number of hydrogen-bond donors (Lipinski definition) is 1. The quantitative estimate of drug-likeness (QED) is 0.674. The van der Waals surface area contributed by atoms with Crippen LogP contribution in [0.4, 0.5) is 0 Å². The third-order valence-electron chi connectivity index (χ3n) is 6.92. The van der Waals surface area contributed by atoms with Crippen molar-refractivity contribution >= 4 is 5.96 Å². The minimum atomic E-state index is -0.0702. The van der Waals surface area contributed by atoms with Crippen molar-refractivity contribution in [1.82, 2.24) is 19.8 Å². The fourth-order valence-corrected chi connectivity index (χ4v) is 4.27. The molecule has 6 heteroatoms. The summed E-state index contributed by atoms with van der Waals surface area (Å²) in [7, 11) is 3.70. The van der Waals surface area contributed by atoms with Crippen LogP contribution in [0.25, 0.3) is 0 Å². The Labute approximate surface area is 151 Å². The molecule has 140 valence electrons. The average molecular weight is 348 g/mol. The van der Waals surface area contributed by atoms with E-state index in [1.54, 1.807) is 0 Å². The molecule has 0 radical (unpaired) electrons. The summed E-state index contributed by atoms with van der Waals surface area (Å²) in [5.41, 5.74) is 0.00376. The number of ether oxygens (including phenoxy) is 1. The van der Waals surface area contributed by atoms with Crippen molar-refractivity contribution in [2.45, 2.75) is 58.2 Å². The molecule has 1 aliphatic heterocycles. The Morgan fingerprint density at radius 2 is 2.12 bits per heavy atom. The van der Waals surface area contributed by atoms with Gasteiger partial charge in [-0.15, -0.1) is 0 Å². The number of guanidine groups is 1. The number of imidazole rings is 1. The minimum absolute atomic E-state index is 0.0702. The molecule has 1 N–H and O–H groups in total. The lowest BCUT2D eigenvalue weighted by atomic mass is 9.56. The SMILES string of the molecule is CN=C(NC1CC(C)(OC)C1(C)C)N1CCC(C)C(n2ccnc2)C1. The number of nitrogens with zero attached hydrogens (tertiary/aromatic N) is 4. The third kappa shape index (κ3) is 3.05. The molecule has 4 atom stereocenters. The molecule has 0 bridgehead atoms. The highest BCUT2D eigenvalue weighted by molar-refractivity contribution is 5.80. The maximum absolute atomic E-state index is 5.76. The van der Waals surface area contributed by atoms with Crippen molar-refractivity contribution in [2.24, 2.45) is 16.3 Å². The van der Waals surface area contributed by atoms with Gasteiger partial charge in [0, 0.05) is 51.1 Å². The molecule has 1 aromatic heterocycles. The normalized spacial score (nSPS) is 35.4. The Bertz CT molecular complexity index is 611. The first kappa shape index (κ1) is 18.2. The first-order valence-electron chi connectivity index (χ1n) is 9.33. The van der Waals surface area contributed by atoms with E-state index in [1.807, 2.05) is 26.7 Å². The summed E-state index contributed by atoms with van der Waals surface area (Å²) in [6.45, 7) is 11.1. The van der Waals surface area contributed by atoms with Crippen molar-refractivity contribution in [3.05, 3.63) is 18.7 Å². The van der Waals surface area contributed by atoms with E-state index in [9.17, 15) is 0 Å². The molecule has 0 aromatic carbocycles. The Morgan fingerprint density at radius 1 is 1.36 bits per heavy atom. The minimum Gasteiger partial charge on any atom is -0.378 e. The summed E-state index contributed by atoms with van der Waals surface area (Å²) in [5, 5.41) is 3.70. The summed E-state index contributed by atoms with van der Waals surface area (Å²) >= 11 is 0. The van der Waals surface area contributed by atoms with Gasteiger partial charge in [0.2, 0.25) is 0 Å². The second-order valence-electron chi connectivity index (χ2n) is 8.39. The highest BCUT2D eigenvalue weighted by atomic mass is 16.5. The predicted molar refractivity (Wildman–Crippen MR) is 101 cm³/mol. The van der Waals surface area contributed by atoms with E-state index >= 15 is 0 Å². The topological polar surface area (TPSA) is 54.7 Å². The van der Waals surface area contributed by atoms with Crippen LogP contribution in [0.5, 0.6) is 0 Å². The number of aromatic nitrogens is 2. The van der Waals surface area contributed by atoms with Crippen LogP contribution in [-0.4, -0.2) is 59.3 Å². The van der Waals surface area contributed by atoms with Gasteiger partial charge in [-0.25, -0.2) is 4.98 Å². The largest absolute Gasteiger partial charge is 0.378 e. The summed E-state index contributed by atoms with van der Waals surface area (Å²) in [5.74, 6) is 1.65. The fraction of sp³-hybridized carbons (Fsp3) is 0.789. The van der Waals surface area contributed by atoms with E-state index in [4.69, 9.17) is 4.74 Å². The van der Waals surface area contributed by atoms with Crippen LogP contribution in [0.15, 0.2) is 23.7 Å². The van der Waals surface area contributed by atoms with Crippen LogP contribution in [0.3, 0.4) is 0 Å². The zero-order valence-corrected chi connectivity index (χ0v) is 16.5. The molecular weight excluding hydrogens is 314 g/mol. The highest BCUT2D eigenvalue weighted by Gasteiger charge is 2.58. The lowest BCUT2D eigenvalue weighted by molar-refractivity contribution is -0.177. The van der Waals surface area contributed by atoms with E-state index < -0.39 is 0 Å². The van der Waals surface area contributed by atoms with Gasteiger partial charge in [-0.05, 0) is 25.7 Å². The number of methoxy groups -OCH3 is 1. The van der Waals surface area contributed by atoms with Gasteiger partial charge >= 0.3 is 0 Å². The van der Waals surface area contributed by atoms with E-state index in [2.05, 4.69) is 58.7 Å². The molecule has 6 nitrogen and oxygen atoms in total. The summed E-state index contributed by atoms with van der Waals surface area (Å²) in [6.07, 6.45) is 8.03. The molecule has 2 heterocycles. The van der Waals surface area contributed by atoms with E-state index in [1.165, 1.54) is 0 Å². The fourth-order valence-electron chi connectivity index (χ4n) is 4.27. The van der Waals surface area contributed by atoms with Crippen molar-refractivity contribution in [3.63, 3.8) is 0 Å². The van der Waals surface area contributed by atoms with Crippen LogP contribution in [0.2, 0.25) is 0 Å². The molecule has 2 fully saturated rings. The Hall–Kier alpha value is -1.56. The van der Waals surface area contributed by atoms with Crippen LogP contribution in [0, 0.1) is 11.3 Å². The lowest BCUT2D eigenvalue weighted by Crippen LogP contribution is -2.70. The zero-order chi connectivity index (χ0) is 18.2. The molecule has 4 unspecified atom stereocenters. The molecule has 25 heavy (non-hydrogen) atoms. The van der Waals surface area contributed by atoms with Gasteiger partial charge < -0.3 is 19.5 Å². The molecule has 1 aliphatic carbocycles. The lowest BCUT2D eigenvalue weighted by Gasteiger charge is -2.59. The Kier molecular flexibility index (Phi) is 4.84. The molecular formula is C19H33N5O. The number of likely N-dealkylation sites (tertiary alicyclic amines) is 1. The standard InChI is InChI=1S/C19H33N5O/c1-14-7-9-23(12-15(14)24-10-8-21-13-24)17(20-5)22-16-11-19(4,25-6)18(16,2)3/h8,10,13-16H,7,9,11-12H2,1-6H3,(H,20,22). The Morgan fingerprint density at radius 3 is 2.68 bits per heavy atom. The van der Waals surface area contributed by atoms with Gasteiger partial charge in [0.15, 0.2) is 5.96 Å². The second-order valence-corrected chi connectivity index (χ2v) is 8.39. The van der Waals surface area contributed by atoms with Crippen molar-refractivity contribution in [3.8, 4) is 0 Å². The molecule has 3 rings (SSSR count). The maximum atomic E-state index is 5.76. The van der Waals surface area contributed by atoms with Crippen molar-refractivity contribution in [1.29, 1.82) is 0 Å². The van der Waals surface area contributed by atoms with Gasteiger partial charge in [0.25, 0.3) is 0 Å².